The van der Waals surface area contributed by atoms with Crippen molar-refractivity contribution in [3.63, 3.8) is 0 Å². The van der Waals surface area contributed by atoms with E-state index in [1.807, 2.05) is 30.3 Å². The molecule has 5 heteroatoms. The van der Waals surface area contributed by atoms with Crippen LogP contribution < -0.4 is 10.6 Å². The summed E-state index contributed by atoms with van der Waals surface area (Å²) in [6.45, 7) is 0.969. The van der Waals surface area contributed by atoms with Crippen molar-refractivity contribution in [2.24, 2.45) is 0 Å². The first-order chi connectivity index (χ1) is 10.6. The van der Waals surface area contributed by atoms with Gasteiger partial charge in [0.1, 0.15) is 5.82 Å². The lowest BCUT2D eigenvalue weighted by Crippen LogP contribution is -2.37. The van der Waals surface area contributed by atoms with E-state index < -0.39 is 0 Å². The number of amides is 2. The van der Waals surface area contributed by atoms with Crippen LogP contribution in [0.2, 0.25) is 5.02 Å². The molecule has 2 N–H and O–H groups in total. The fourth-order valence-corrected chi connectivity index (χ4v) is 2.32. The minimum Gasteiger partial charge on any atom is -0.338 e. The van der Waals surface area contributed by atoms with E-state index in [1.165, 1.54) is 12.1 Å². The molecule has 2 amide bonds. The molecule has 0 unspecified atom stereocenters. The highest BCUT2D eigenvalue weighted by Gasteiger charge is 2.02. The highest BCUT2D eigenvalue weighted by molar-refractivity contribution is 6.31. The Kier molecular flexibility index (Phi) is 6.22. The number of rotatable bonds is 6. The molecule has 0 radical (unpaired) electrons. The van der Waals surface area contributed by atoms with E-state index in [1.54, 1.807) is 6.07 Å². The van der Waals surface area contributed by atoms with Crippen molar-refractivity contribution >= 4 is 17.6 Å². The Labute approximate surface area is 134 Å². The Hall–Kier alpha value is -2.07. The van der Waals surface area contributed by atoms with Crippen molar-refractivity contribution in [3.05, 3.63) is 70.5 Å². The average molecular weight is 321 g/mol. The molecule has 3 nitrogen and oxygen atoms in total. The molecule has 0 fully saturated rings. The number of urea groups is 1. The predicted molar refractivity (Wildman–Crippen MR) is 86.7 cm³/mol. The summed E-state index contributed by atoms with van der Waals surface area (Å²) < 4.78 is 13.0. The number of hydrogen-bond donors (Lipinski definition) is 2. The largest absolute Gasteiger partial charge is 0.338 e. The second-order valence-corrected chi connectivity index (χ2v) is 5.31. The molecule has 0 aliphatic heterocycles. The molecule has 2 aromatic carbocycles. The quantitative estimate of drug-likeness (QED) is 0.839. The molecule has 2 aromatic rings. The molecular weight excluding hydrogens is 303 g/mol. The molecule has 0 aliphatic carbocycles. The van der Waals surface area contributed by atoms with E-state index in [9.17, 15) is 9.18 Å². The minimum atomic E-state index is -0.262. The maximum atomic E-state index is 13.0. The highest BCUT2D eigenvalue weighted by atomic mass is 35.5. The lowest BCUT2D eigenvalue weighted by Gasteiger charge is -2.08. The molecule has 22 heavy (non-hydrogen) atoms. The number of hydrogen-bond acceptors (Lipinski definition) is 1. The molecule has 0 aliphatic rings. The Morgan fingerprint density at radius 3 is 2.45 bits per heavy atom. The summed E-state index contributed by atoms with van der Waals surface area (Å²) in [6, 6.07) is 13.7. The molecule has 0 saturated heterocycles. The van der Waals surface area contributed by atoms with Gasteiger partial charge >= 0.3 is 6.03 Å². The molecular formula is C17H18ClFN2O. The van der Waals surface area contributed by atoms with Crippen LogP contribution >= 0.6 is 11.6 Å². The molecule has 0 atom stereocenters. The lowest BCUT2D eigenvalue weighted by molar-refractivity contribution is 0.241. The van der Waals surface area contributed by atoms with Crippen molar-refractivity contribution in [2.45, 2.75) is 12.8 Å². The zero-order valence-electron chi connectivity index (χ0n) is 12.1. The standard InChI is InChI=1S/C17H18ClFN2O/c18-16-7-2-1-5-14(16)9-11-21-17(22)20-10-8-13-4-3-6-15(19)12-13/h1-7,12H,8-11H2,(H2,20,21,22). The van der Waals surface area contributed by atoms with Crippen molar-refractivity contribution in [1.29, 1.82) is 0 Å². The van der Waals surface area contributed by atoms with Crippen LogP contribution in [0.4, 0.5) is 9.18 Å². The molecule has 0 spiro atoms. The number of benzene rings is 2. The summed E-state index contributed by atoms with van der Waals surface area (Å²) in [5, 5.41) is 6.22. The van der Waals surface area contributed by atoms with Crippen LogP contribution in [-0.2, 0) is 12.8 Å². The third-order valence-corrected chi connectivity index (χ3v) is 3.59. The molecule has 0 heterocycles. The molecule has 0 aromatic heterocycles. The minimum absolute atomic E-state index is 0.233. The summed E-state index contributed by atoms with van der Waals surface area (Å²) in [7, 11) is 0. The zero-order valence-corrected chi connectivity index (χ0v) is 12.9. The van der Waals surface area contributed by atoms with Crippen LogP contribution in [0.3, 0.4) is 0 Å². The Morgan fingerprint density at radius 1 is 1.00 bits per heavy atom. The molecule has 0 saturated carbocycles. The van der Waals surface area contributed by atoms with Gasteiger partial charge in [-0.3, -0.25) is 0 Å². The van der Waals surface area contributed by atoms with E-state index in [0.29, 0.717) is 31.0 Å². The Bertz CT molecular complexity index is 634. The topological polar surface area (TPSA) is 41.1 Å². The first kappa shape index (κ1) is 16.3. The summed E-state index contributed by atoms with van der Waals surface area (Å²) in [5.74, 6) is -0.262. The van der Waals surface area contributed by atoms with Gasteiger partial charge in [-0.1, -0.05) is 41.9 Å². The molecule has 0 bridgehead atoms. The Balaban J connectivity index is 1.65. The molecule has 2 rings (SSSR count). The van der Waals surface area contributed by atoms with Crippen molar-refractivity contribution < 1.29 is 9.18 Å². The summed E-state index contributed by atoms with van der Waals surface area (Å²) in [4.78, 5) is 11.6. The summed E-state index contributed by atoms with van der Waals surface area (Å²) in [5.41, 5.74) is 1.86. The van der Waals surface area contributed by atoms with Crippen LogP contribution in [0.15, 0.2) is 48.5 Å². The van der Waals surface area contributed by atoms with Gasteiger partial charge in [0.15, 0.2) is 0 Å². The van der Waals surface area contributed by atoms with Crippen molar-refractivity contribution in [1.82, 2.24) is 10.6 Å². The first-order valence-corrected chi connectivity index (χ1v) is 7.52. The third-order valence-electron chi connectivity index (χ3n) is 3.23. The second-order valence-electron chi connectivity index (χ2n) is 4.90. The average Bonchev–Trinajstić information content (AvgIpc) is 2.49. The maximum Gasteiger partial charge on any atom is 0.314 e. The number of carbonyl (C=O) groups excluding carboxylic acids is 1. The van der Waals surface area contributed by atoms with Gasteiger partial charge in [0, 0.05) is 18.1 Å². The third kappa shape index (κ3) is 5.37. The first-order valence-electron chi connectivity index (χ1n) is 7.15. The summed E-state index contributed by atoms with van der Waals surface area (Å²) >= 11 is 6.04. The smallest absolute Gasteiger partial charge is 0.314 e. The van der Waals surface area contributed by atoms with Gasteiger partial charge in [-0.05, 0) is 42.2 Å². The van der Waals surface area contributed by atoms with Gasteiger partial charge in [0.05, 0.1) is 0 Å². The van der Waals surface area contributed by atoms with Gasteiger partial charge in [-0.15, -0.1) is 0 Å². The van der Waals surface area contributed by atoms with Crippen molar-refractivity contribution in [2.75, 3.05) is 13.1 Å². The van der Waals surface area contributed by atoms with Crippen LogP contribution in [0, 0.1) is 5.82 Å². The second kappa shape index (κ2) is 8.39. The van der Waals surface area contributed by atoms with Gasteiger partial charge in [-0.2, -0.15) is 0 Å². The van der Waals surface area contributed by atoms with E-state index in [4.69, 9.17) is 11.6 Å². The van der Waals surface area contributed by atoms with Crippen molar-refractivity contribution in [3.8, 4) is 0 Å². The van der Waals surface area contributed by atoms with E-state index in [-0.39, 0.29) is 11.8 Å². The lowest BCUT2D eigenvalue weighted by atomic mass is 10.1. The van der Waals surface area contributed by atoms with Crippen LogP contribution in [0.5, 0.6) is 0 Å². The number of halogens is 2. The fourth-order valence-electron chi connectivity index (χ4n) is 2.09. The Morgan fingerprint density at radius 2 is 1.73 bits per heavy atom. The van der Waals surface area contributed by atoms with Crippen LogP contribution in [0.1, 0.15) is 11.1 Å². The normalized spacial score (nSPS) is 10.3. The van der Waals surface area contributed by atoms with E-state index in [2.05, 4.69) is 10.6 Å². The predicted octanol–water partition coefficient (Wildman–Crippen LogP) is 3.56. The van der Waals surface area contributed by atoms with Gasteiger partial charge in [0.2, 0.25) is 0 Å². The highest BCUT2D eigenvalue weighted by Crippen LogP contribution is 2.14. The monoisotopic (exact) mass is 320 g/mol. The van der Waals surface area contributed by atoms with Crippen LogP contribution in [0.25, 0.3) is 0 Å². The fraction of sp³-hybridized carbons (Fsp3) is 0.235. The zero-order chi connectivity index (χ0) is 15.8. The summed E-state index contributed by atoms with van der Waals surface area (Å²) in [6.07, 6.45) is 1.27. The van der Waals surface area contributed by atoms with Gasteiger partial charge in [0.25, 0.3) is 0 Å². The van der Waals surface area contributed by atoms with E-state index >= 15 is 0 Å². The van der Waals surface area contributed by atoms with Crippen LogP contribution in [-0.4, -0.2) is 19.1 Å². The van der Waals surface area contributed by atoms with E-state index in [0.717, 1.165) is 11.1 Å². The maximum absolute atomic E-state index is 13.0. The SMILES string of the molecule is O=C(NCCc1cccc(F)c1)NCCc1ccccc1Cl. The van der Waals surface area contributed by atoms with Gasteiger partial charge < -0.3 is 10.6 Å². The number of carbonyl (C=O) groups is 1. The number of nitrogens with one attached hydrogen (secondary N) is 2. The van der Waals surface area contributed by atoms with Gasteiger partial charge in [-0.25, -0.2) is 9.18 Å². The molecule has 116 valence electrons.